The number of anilines is 1. The summed E-state index contributed by atoms with van der Waals surface area (Å²) in [6.45, 7) is 1.83. The smallest absolute Gasteiger partial charge is 0.241 e. The van der Waals surface area contributed by atoms with Crippen LogP contribution < -0.4 is 4.90 Å². The highest BCUT2D eigenvalue weighted by Crippen LogP contribution is 2.58. The van der Waals surface area contributed by atoms with Crippen molar-refractivity contribution in [1.82, 2.24) is 0 Å². The first-order valence-electron chi connectivity index (χ1n) is 10.9. The molecular weight excluding hydrogens is 437 g/mol. The van der Waals surface area contributed by atoms with Crippen LogP contribution in [0.4, 0.5) is 10.1 Å². The number of imide groups is 1. The number of halogens is 1. The van der Waals surface area contributed by atoms with Crippen LogP contribution in [-0.2, 0) is 14.3 Å². The molecule has 0 bridgehead atoms. The minimum Gasteiger partial charge on any atom is -0.349 e. The van der Waals surface area contributed by atoms with Crippen molar-refractivity contribution in [2.24, 2.45) is 11.8 Å². The minimum atomic E-state index is -2.14. The van der Waals surface area contributed by atoms with Crippen molar-refractivity contribution in [3.63, 3.8) is 0 Å². The molecule has 2 saturated heterocycles. The second kappa shape index (κ2) is 7.01. The molecule has 0 unspecified atom stereocenters. The molecule has 3 aromatic carbocycles. The average Bonchev–Trinajstić information content (AvgIpc) is 3.39. The highest BCUT2D eigenvalue weighted by molar-refractivity contribution is 6.37. The molecule has 1 aliphatic carbocycles. The number of carbonyl (C=O) groups is 4. The first-order chi connectivity index (χ1) is 16.4. The molecular formula is C27H18FNO5. The molecule has 2 heterocycles. The molecule has 6 rings (SSSR count). The van der Waals surface area contributed by atoms with Crippen molar-refractivity contribution in [3.8, 4) is 0 Å². The molecule has 0 N–H and O–H groups in total. The van der Waals surface area contributed by atoms with E-state index in [0.29, 0.717) is 5.56 Å². The highest BCUT2D eigenvalue weighted by Gasteiger charge is 2.74. The third kappa shape index (κ3) is 2.47. The first-order valence-corrected chi connectivity index (χ1v) is 10.9. The van der Waals surface area contributed by atoms with Gasteiger partial charge in [0.15, 0.2) is 0 Å². The van der Waals surface area contributed by atoms with Crippen molar-refractivity contribution >= 4 is 29.1 Å². The number of hydrogen-bond donors (Lipinski definition) is 0. The molecule has 2 aliphatic heterocycles. The number of aryl methyl sites for hydroxylation is 1. The van der Waals surface area contributed by atoms with Gasteiger partial charge in [0.1, 0.15) is 5.82 Å². The Hall–Kier alpha value is -3.97. The quantitative estimate of drug-likeness (QED) is 0.433. The molecule has 168 valence electrons. The molecule has 0 saturated carbocycles. The number of fused-ring (bicyclic) bond motifs is 3. The van der Waals surface area contributed by atoms with Crippen LogP contribution in [0.25, 0.3) is 0 Å². The summed E-state index contributed by atoms with van der Waals surface area (Å²) >= 11 is 0. The fourth-order valence-corrected chi connectivity index (χ4v) is 5.58. The van der Waals surface area contributed by atoms with Crippen LogP contribution in [0, 0.1) is 24.6 Å². The van der Waals surface area contributed by atoms with Crippen molar-refractivity contribution in [1.29, 1.82) is 0 Å². The Kier molecular flexibility index (Phi) is 4.25. The Bertz CT molecular complexity index is 1390. The number of ether oxygens (including phenoxy) is 1. The van der Waals surface area contributed by atoms with Crippen molar-refractivity contribution in [3.05, 3.63) is 101 Å². The van der Waals surface area contributed by atoms with Gasteiger partial charge in [0, 0.05) is 11.1 Å². The van der Waals surface area contributed by atoms with Crippen LogP contribution in [0.1, 0.15) is 37.9 Å². The normalized spacial score (nSPS) is 24.8. The average molecular weight is 455 g/mol. The van der Waals surface area contributed by atoms with Crippen molar-refractivity contribution in [2.75, 3.05) is 4.90 Å². The predicted octanol–water partition coefficient (Wildman–Crippen LogP) is 3.83. The Balaban J connectivity index is 1.57. The standard InChI is InChI=1S/C27H18FNO5/c1-14-7-2-3-10-17(14)22-20-21(26(33)29(25(20)32)16-9-6-8-15(28)13-16)27(34-22)23(30)18-11-4-5-12-19(18)24(27)31/h2-13,20-22H,1H3/t20-,21+,22+/m0/s1. The van der Waals surface area contributed by atoms with Gasteiger partial charge in [-0.1, -0.05) is 54.6 Å². The van der Waals surface area contributed by atoms with E-state index in [1.807, 2.05) is 19.1 Å². The van der Waals surface area contributed by atoms with Crippen LogP contribution in [0.15, 0.2) is 72.8 Å². The Morgan fingerprint density at radius 3 is 2.12 bits per heavy atom. The molecule has 0 radical (unpaired) electrons. The van der Waals surface area contributed by atoms with Gasteiger partial charge in [0.25, 0.3) is 0 Å². The van der Waals surface area contributed by atoms with E-state index < -0.39 is 52.7 Å². The minimum absolute atomic E-state index is 0.0542. The van der Waals surface area contributed by atoms with E-state index in [-0.39, 0.29) is 16.8 Å². The zero-order valence-electron chi connectivity index (χ0n) is 18.0. The Morgan fingerprint density at radius 2 is 1.47 bits per heavy atom. The third-order valence-electron chi connectivity index (χ3n) is 7.08. The van der Waals surface area contributed by atoms with Gasteiger partial charge in [-0.2, -0.15) is 0 Å². The maximum absolute atomic E-state index is 14.0. The topological polar surface area (TPSA) is 80.8 Å². The summed E-state index contributed by atoms with van der Waals surface area (Å²) in [7, 11) is 0. The number of amides is 2. The van der Waals surface area contributed by atoms with E-state index in [1.165, 1.54) is 30.3 Å². The van der Waals surface area contributed by atoms with Gasteiger partial charge >= 0.3 is 0 Å². The fraction of sp³-hybridized carbons (Fsp3) is 0.185. The molecule has 1 spiro atoms. The maximum Gasteiger partial charge on any atom is 0.241 e. The van der Waals surface area contributed by atoms with Gasteiger partial charge in [-0.25, -0.2) is 9.29 Å². The summed E-state index contributed by atoms with van der Waals surface area (Å²) in [6.07, 6.45) is -0.997. The molecule has 3 atom stereocenters. The van der Waals surface area contributed by atoms with E-state index >= 15 is 0 Å². The number of Topliss-reactive ketones (excluding diaryl/α,β-unsaturated/α-hetero) is 2. The largest absolute Gasteiger partial charge is 0.349 e. The number of hydrogen-bond acceptors (Lipinski definition) is 5. The number of rotatable bonds is 2. The fourth-order valence-electron chi connectivity index (χ4n) is 5.58. The van der Waals surface area contributed by atoms with Crippen LogP contribution in [0.2, 0.25) is 0 Å². The molecule has 3 aromatic rings. The monoisotopic (exact) mass is 455 g/mol. The van der Waals surface area contributed by atoms with Crippen LogP contribution in [0.5, 0.6) is 0 Å². The van der Waals surface area contributed by atoms with Gasteiger partial charge in [-0.05, 0) is 36.2 Å². The van der Waals surface area contributed by atoms with Gasteiger partial charge in [0.05, 0.1) is 23.6 Å². The van der Waals surface area contributed by atoms with Gasteiger partial charge in [-0.15, -0.1) is 0 Å². The van der Waals surface area contributed by atoms with Gasteiger partial charge in [0.2, 0.25) is 29.0 Å². The summed E-state index contributed by atoms with van der Waals surface area (Å²) in [5, 5.41) is 0. The molecule has 6 nitrogen and oxygen atoms in total. The zero-order chi connectivity index (χ0) is 23.8. The molecule has 34 heavy (non-hydrogen) atoms. The lowest BCUT2D eigenvalue weighted by Gasteiger charge is -2.27. The third-order valence-corrected chi connectivity index (χ3v) is 7.08. The lowest BCUT2D eigenvalue weighted by molar-refractivity contribution is -0.127. The van der Waals surface area contributed by atoms with Gasteiger partial charge in [-0.3, -0.25) is 19.2 Å². The summed E-state index contributed by atoms with van der Waals surface area (Å²) in [5.74, 6) is -5.70. The summed E-state index contributed by atoms with van der Waals surface area (Å²) in [4.78, 5) is 55.8. The molecule has 2 fully saturated rings. The van der Waals surface area contributed by atoms with Crippen molar-refractivity contribution in [2.45, 2.75) is 18.6 Å². The van der Waals surface area contributed by atoms with E-state index in [2.05, 4.69) is 0 Å². The lowest BCUT2D eigenvalue weighted by atomic mass is 9.77. The molecule has 7 heteroatoms. The maximum atomic E-state index is 14.0. The SMILES string of the molecule is Cc1ccccc1[C@H]1OC2(C(=O)c3ccccc3C2=O)[C@H]2C(=O)N(c3cccc(F)c3)C(=O)[C@H]12. The second-order valence-corrected chi connectivity index (χ2v) is 8.83. The summed E-state index contributed by atoms with van der Waals surface area (Å²) < 4.78 is 20.2. The second-order valence-electron chi connectivity index (χ2n) is 8.83. The number of benzene rings is 3. The number of carbonyl (C=O) groups excluding carboxylic acids is 4. The number of ketones is 2. The molecule has 2 amide bonds. The number of nitrogens with zero attached hydrogens (tertiary/aromatic N) is 1. The summed E-state index contributed by atoms with van der Waals surface area (Å²) in [6, 6.07) is 18.6. The predicted molar refractivity (Wildman–Crippen MR) is 119 cm³/mol. The van der Waals surface area contributed by atoms with E-state index in [4.69, 9.17) is 4.74 Å². The van der Waals surface area contributed by atoms with E-state index in [0.717, 1.165) is 16.5 Å². The molecule has 0 aromatic heterocycles. The van der Waals surface area contributed by atoms with Gasteiger partial charge < -0.3 is 4.74 Å². The van der Waals surface area contributed by atoms with E-state index in [1.54, 1.807) is 24.3 Å². The van der Waals surface area contributed by atoms with E-state index in [9.17, 15) is 23.6 Å². The first kappa shape index (κ1) is 20.6. The van der Waals surface area contributed by atoms with Crippen LogP contribution in [0.3, 0.4) is 0 Å². The zero-order valence-corrected chi connectivity index (χ0v) is 18.0. The van der Waals surface area contributed by atoms with Crippen LogP contribution >= 0.6 is 0 Å². The summed E-state index contributed by atoms with van der Waals surface area (Å²) in [5.41, 5.74) is -0.340. The lowest BCUT2D eigenvalue weighted by Crippen LogP contribution is -2.51. The van der Waals surface area contributed by atoms with Crippen molar-refractivity contribution < 1.29 is 28.3 Å². The molecule has 3 aliphatic rings. The Labute approximate surface area is 193 Å². The highest BCUT2D eigenvalue weighted by atomic mass is 19.1. The Morgan fingerprint density at radius 1 is 0.824 bits per heavy atom. The van der Waals surface area contributed by atoms with Crippen LogP contribution in [-0.4, -0.2) is 29.0 Å².